The molecule has 1 fully saturated rings. The number of halogens is 1. The van der Waals surface area contributed by atoms with E-state index < -0.39 is 0 Å². The maximum absolute atomic E-state index is 12.4. The highest BCUT2D eigenvalue weighted by Crippen LogP contribution is 2.29. The Balaban J connectivity index is 1.58. The molecule has 24 heavy (non-hydrogen) atoms. The minimum Gasteiger partial charge on any atom is -0.367 e. The van der Waals surface area contributed by atoms with Crippen LogP contribution < -0.4 is 10.2 Å². The number of carbonyl (C=O) groups is 1. The molecular formula is C18H20IN3OS. The predicted octanol–water partition coefficient (Wildman–Crippen LogP) is 4.37. The van der Waals surface area contributed by atoms with Gasteiger partial charge in [-0.2, -0.15) is 0 Å². The van der Waals surface area contributed by atoms with Crippen LogP contribution in [0.5, 0.6) is 0 Å². The van der Waals surface area contributed by atoms with Crippen molar-refractivity contribution in [3.05, 3.63) is 52.1 Å². The van der Waals surface area contributed by atoms with Crippen LogP contribution in [-0.2, 0) is 0 Å². The first-order valence-electron chi connectivity index (χ1n) is 7.87. The summed E-state index contributed by atoms with van der Waals surface area (Å²) in [6, 6.07) is 16.3. The second-order valence-corrected chi connectivity index (χ2v) is 7.68. The number of nitrogens with one attached hydrogen (secondary N) is 1. The van der Waals surface area contributed by atoms with E-state index in [1.54, 1.807) is 11.8 Å². The molecule has 6 heteroatoms. The zero-order valence-electron chi connectivity index (χ0n) is 13.5. The van der Waals surface area contributed by atoms with Crippen LogP contribution in [0, 0.1) is 3.57 Å². The van der Waals surface area contributed by atoms with Crippen molar-refractivity contribution in [1.82, 2.24) is 4.90 Å². The zero-order chi connectivity index (χ0) is 16.9. The van der Waals surface area contributed by atoms with Crippen LogP contribution in [0.2, 0.25) is 0 Å². The summed E-state index contributed by atoms with van der Waals surface area (Å²) < 4.78 is 1.16. The number of nitrogens with zero attached hydrogens (tertiary/aromatic N) is 2. The molecule has 126 valence electrons. The van der Waals surface area contributed by atoms with Crippen LogP contribution in [0.3, 0.4) is 0 Å². The Morgan fingerprint density at radius 3 is 2.38 bits per heavy atom. The molecule has 0 unspecified atom stereocenters. The van der Waals surface area contributed by atoms with E-state index >= 15 is 0 Å². The third-order valence-electron chi connectivity index (χ3n) is 4.09. The van der Waals surface area contributed by atoms with Gasteiger partial charge in [0.1, 0.15) is 0 Å². The lowest BCUT2D eigenvalue weighted by atomic mass is 10.2. The van der Waals surface area contributed by atoms with E-state index in [0.29, 0.717) is 0 Å². The fourth-order valence-corrected chi connectivity index (χ4v) is 3.76. The normalized spacial score (nSPS) is 14.6. The molecule has 1 aliphatic heterocycles. The smallest absolute Gasteiger partial charge is 0.321 e. The van der Waals surface area contributed by atoms with Crippen LogP contribution in [0.15, 0.2) is 53.4 Å². The number of anilines is 2. The Kier molecular flexibility index (Phi) is 5.89. The summed E-state index contributed by atoms with van der Waals surface area (Å²) in [7, 11) is 0. The summed E-state index contributed by atoms with van der Waals surface area (Å²) in [6.07, 6.45) is 2.10. The highest BCUT2D eigenvalue weighted by atomic mass is 127. The van der Waals surface area contributed by atoms with E-state index in [1.807, 2.05) is 29.2 Å². The molecule has 2 aromatic rings. The highest BCUT2D eigenvalue weighted by molar-refractivity contribution is 14.1. The van der Waals surface area contributed by atoms with E-state index in [9.17, 15) is 4.79 Å². The Hall–Kier alpha value is -1.41. The van der Waals surface area contributed by atoms with Gasteiger partial charge in [-0.3, -0.25) is 0 Å². The van der Waals surface area contributed by atoms with E-state index in [4.69, 9.17) is 0 Å². The lowest BCUT2D eigenvalue weighted by Crippen LogP contribution is -2.50. The van der Waals surface area contributed by atoms with E-state index in [0.717, 1.165) is 35.4 Å². The summed E-state index contributed by atoms with van der Waals surface area (Å²) in [6.45, 7) is 3.19. The number of carbonyl (C=O) groups excluding carboxylic acids is 1. The summed E-state index contributed by atoms with van der Waals surface area (Å²) in [5.74, 6) is 0. The van der Waals surface area contributed by atoms with Crippen molar-refractivity contribution in [1.29, 1.82) is 0 Å². The van der Waals surface area contributed by atoms with E-state index in [1.165, 1.54) is 10.6 Å². The fourth-order valence-electron chi connectivity index (χ4n) is 2.78. The molecule has 2 amide bonds. The third-order valence-corrected chi connectivity index (χ3v) is 5.59. The Labute approximate surface area is 160 Å². The molecule has 4 nitrogen and oxygen atoms in total. The first-order chi connectivity index (χ1) is 11.7. The fraction of sp³-hybridized carbons (Fsp3) is 0.278. The van der Waals surface area contributed by atoms with Crippen molar-refractivity contribution in [3.63, 3.8) is 0 Å². The summed E-state index contributed by atoms with van der Waals surface area (Å²) in [4.78, 5) is 17.9. The summed E-state index contributed by atoms with van der Waals surface area (Å²) in [5, 5.41) is 2.98. The molecule has 1 heterocycles. The number of hydrogen-bond acceptors (Lipinski definition) is 3. The lowest BCUT2D eigenvalue weighted by molar-refractivity contribution is 0.208. The van der Waals surface area contributed by atoms with Crippen LogP contribution >= 0.6 is 34.4 Å². The molecule has 0 aromatic heterocycles. The van der Waals surface area contributed by atoms with Gasteiger partial charge >= 0.3 is 6.03 Å². The Morgan fingerprint density at radius 2 is 1.71 bits per heavy atom. The number of rotatable bonds is 3. The van der Waals surface area contributed by atoms with Gasteiger partial charge in [-0.05, 0) is 65.2 Å². The average Bonchev–Trinajstić information content (AvgIpc) is 2.63. The molecule has 2 aromatic carbocycles. The van der Waals surface area contributed by atoms with Crippen LogP contribution in [0.25, 0.3) is 0 Å². The second kappa shape index (κ2) is 8.11. The molecule has 0 atom stereocenters. The van der Waals surface area contributed by atoms with Crippen molar-refractivity contribution in [2.24, 2.45) is 0 Å². The number of hydrogen-bond donors (Lipinski definition) is 1. The number of benzene rings is 2. The molecule has 0 saturated carbocycles. The van der Waals surface area contributed by atoms with E-state index in [-0.39, 0.29) is 6.03 Å². The van der Waals surface area contributed by atoms with Crippen molar-refractivity contribution < 1.29 is 4.79 Å². The first-order valence-corrected chi connectivity index (χ1v) is 10.2. The Bertz CT molecular complexity index is 700. The minimum absolute atomic E-state index is 0.0194. The number of para-hydroxylation sites is 1. The molecule has 1 aliphatic rings. The standard InChI is InChI=1S/C18H20IN3OS/c1-24-17-5-3-2-4-16(17)21-10-12-22(13-11-21)18(23)20-15-8-6-14(19)7-9-15/h2-9H,10-13H2,1H3,(H,20,23). The molecule has 1 saturated heterocycles. The Morgan fingerprint density at radius 1 is 1.04 bits per heavy atom. The topological polar surface area (TPSA) is 35.6 Å². The molecule has 0 spiro atoms. The van der Waals surface area contributed by atoms with Gasteiger partial charge in [0.25, 0.3) is 0 Å². The number of amides is 2. The van der Waals surface area contributed by atoms with Gasteiger partial charge in [0, 0.05) is 40.3 Å². The molecule has 0 radical (unpaired) electrons. The van der Waals surface area contributed by atoms with Gasteiger partial charge in [-0.25, -0.2) is 4.79 Å². The molecule has 1 N–H and O–H groups in total. The molecule has 0 bridgehead atoms. The van der Waals surface area contributed by atoms with Gasteiger partial charge < -0.3 is 15.1 Å². The largest absolute Gasteiger partial charge is 0.367 e. The minimum atomic E-state index is -0.0194. The van der Waals surface area contributed by atoms with E-state index in [2.05, 4.69) is 63.3 Å². The van der Waals surface area contributed by atoms with Gasteiger partial charge in [0.15, 0.2) is 0 Å². The third kappa shape index (κ3) is 4.16. The van der Waals surface area contributed by atoms with Crippen molar-refractivity contribution in [3.8, 4) is 0 Å². The van der Waals surface area contributed by atoms with Gasteiger partial charge in [-0.15, -0.1) is 11.8 Å². The predicted molar refractivity (Wildman–Crippen MR) is 110 cm³/mol. The van der Waals surface area contributed by atoms with Crippen molar-refractivity contribution in [2.75, 3.05) is 42.7 Å². The quantitative estimate of drug-likeness (QED) is 0.554. The lowest BCUT2D eigenvalue weighted by Gasteiger charge is -2.36. The van der Waals surface area contributed by atoms with Crippen molar-refractivity contribution in [2.45, 2.75) is 4.90 Å². The maximum Gasteiger partial charge on any atom is 0.321 e. The summed E-state index contributed by atoms with van der Waals surface area (Å²) >= 11 is 4.02. The molecule has 3 rings (SSSR count). The highest BCUT2D eigenvalue weighted by Gasteiger charge is 2.22. The first kappa shape index (κ1) is 17.4. The average molecular weight is 453 g/mol. The molecular weight excluding hydrogens is 433 g/mol. The number of piperazine rings is 1. The molecule has 0 aliphatic carbocycles. The van der Waals surface area contributed by atoms with Gasteiger partial charge in [0.2, 0.25) is 0 Å². The second-order valence-electron chi connectivity index (χ2n) is 5.58. The number of urea groups is 1. The van der Waals surface area contributed by atoms with Crippen LogP contribution in [-0.4, -0.2) is 43.4 Å². The maximum atomic E-state index is 12.4. The zero-order valence-corrected chi connectivity index (χ0v) is 16.5. The number of thioether (sulfide) groups is 1. The van der Waals surface area contributed by atoms with Gasteiger partial charge in [0.05, 0.1) is 5.69 Å². The van der Waals surface area contributed by atoms with Crippen LogP contribution in [0.1, 0.15) is 0 Å². The monoisotopic (exact) mass is 453 g/mol. The van der Waals surface area contributed by atoms with Gasteiger partial charge in [-0.1, -0.05) is 12.1 Å². The van der Waals surface area contributed by atoms with Crippen LogP contribution in [0.4, 0.5) is 16.2 Å². The SMILES string of the molecule is CSc1ccccc1N1CCN(C(=O)Nc2ccc(I)cc2)CC1. The van der Waals surface area contributed by atoms with Crippen molar-refractivity contribution >= 4 is 51.8 Å². The summed E-state index contributed by atoms with van der Waals surface area (Å²) in [5.41, 5.74) is 2.11.